The van der Waals surface area contributed by atoms with Crippen molar-refractivity contribution in [2.45, 2.75) is 25.9 Å². The third-order valence-electron chi connectivity index (χ3n) is 3.08. The van der Waals surface area contributed by atoms with Crippen LogP contribution in [0.5, 0.6) is 0 Å². The van der Waals surface area contributed by atoms with E-state index in [-0.39, 0.29) is 17.0 Å². The zero-order valence-electron chi connectivity index (χ0n) is 11.4. The number of rotatable bonds is 3. The molecule has 0 bridgehead atoms. The van der Waals surface area contributed by atoms with Crippen molar-refractivity contribution < 1.29 is 27.5 Å². The summed E-state index contributed by atoms with van der Waals surface area (Å²) in [6.45, 7) is 3.56. The van der Waals surface area contributed by atoms with Crippen molar-refractivity contribution in [1.82, 2.24) is 0 Å². The van der Waals surface area contributed by atoms with Gasteiger partial charge in [0.15, 0.2) is 0 Å². The van der Waals surface area contributed by atoms with Crippen molar-refractivity contribution in [3.63, 3.8) is 0 Å². The predicted molar refractivity (Wildman–Crippen MR) is 70.2 cm³/mol. The second kappa shape index (κ2) is 5.27. The van der Waals surface area contributed by atoms with Gasteiger partial charge in [-0.25, -0.2) is 4.79 Å². The van der Waals surface area contributed by atoms with Crippen LogP contribution in [0.15, 0.2) is 34.9 Å². The van der Waals surface area contributed by atoms with E-state index in [0.717, 1.165) is 12.1 Å². The fraction of sp³-hybridized carbons (Fsp3) is 0.267. The maximum atomic E-state index is 12.5. The van der Waals surface area contributed by atoms with Crippen molar-refractivity contribution in [3.8, 4) is 11.1 Å². The Labute approximate surface area is 119 Å². The number of carbonyl (C=O) groups is 1. The van der Waals surface area contributed by atoms with Crippen molar-refractivity contribution in [2.75, 3.05) is 0 Å². The standard InChI is InChI=1S/C15H13F3O3/c1-8(2)13-12(14(19)20)11(7-21-13)9-3-5-10(6-4-9)15(16,17)18/h3-8H,1-2H3,(H,19,20). The molecule has 0 aliphatic heterocycles. The van der Waals surface area contributed by atoms with Crippen LogP contribution in [-0.2, 0) is 6.18 Å². The maximum absolute atomic E-state index is 12.5. The average molecular weight is 298 g/mol. The molecule has 0 unspecified atom stereocenters. The highest BCUT2D eigenvalue weighted by molar-refractivity contribution is 5.97. The molecule has 1 aromatic heterocycles. The normalized spacial score (nSPS) is 11.9. The van der Waals surface area contributed by atoms with Gasteiger partial charge in [-0.05, 0) is 17.7 Å². The highest BCUT2D eigenvalue weighted by Crippen LogP contribution is 2.35. The summed E-state index contributed by atoms with van der Waals surface area (Å²) in [5.41, 5.74) is -0.142. The average Bonchev–Trinajstić information content (AvgIpc) is 2.82. The Hall–Kier alpha value is -2.24. The molecule has 0 aliphatic carbocycles. The van der Waals surface area contributed by atoms with Crippen LogP contribution in [0.1, 0.15) is 41.4 Å². The van der Waals surface area contributed by atoms with Gasteiger partial charge in [0.2, 0.25) is 0 Å². The first-order valence-electron chi connectivity index (χ1n) is 6.24. The number of alkyl halides is 3. The summed E-state index contributed by atoms with van der Waals surface area (Å²) >= 11 is 0. The zero-order valence-corrected chi connectivity index (χ0v) is 11.4. The quantitative estimate of drug-likeness (QED) is 0.886. The molecule has 6 heteroatoms. The zero-order chi connectivity index (χ0) is 15.8. The molecule has 0 atom stereocenters. The number of furan rings is 1. The lowest BCUT2D eigenvalue weighted by molar-refractivity contribution is -0.137. The van der Waals surface area contributed by atoms with Gasteiger partial charge >= 0.3 is 12.1 Å². The number of aromatic carboxylic acids is 1. The van der Waals surface area contributed by atoms with Crippen LogP contribution in [0.4, 0.5) is 13.2 Å². The summed E-state index contributed by atoms with van der Waals surface area (Å²) < 4.78 is 42.8. The molecule has 1 aromatic carbocycles. The first-order chi connectivity index (χ1) is 9.71. The minimum Gasteiger partial charge on any atom is -0.478 e. The smallest absolute Gasteiger partial charge is 0.416 e. The van der Waals surface area contributed by atoms with Crippen LogP contribution in [0, 0.1) is 0 Å². The summed E-state index contributed by atoms with van der Waals surface area (Å²) in [5, 5.41) is 9.29. The SMILES string of the molecule is CC(C)c1occ(-c2ccc(C(F)(F)F)cc2)c1C(=O)O. The highest BCUT2D eigenvalue weighted by atomic mass is 19.4. The Morgan fingerprint density at radius 2 is 1.76 bits per heavy atom. The second-order valence-electron chi connectivity index (χ2n) is 4.92. The third-order valence-corrected chi connectivity index (χ3v) is 3.08. The van der Waals surface area contributed by atoms with Crippen molar-refractivity contribution >= 4 is 5.97 Å². The minimum absolute atomic E-state index is 0.00948. The van der Waals surface area contributed by atoms with Crippen LogP contribution >= 0.6 is 0 Å². The number of benzene rings is 1. The maximum Gasteiger partial charge on any atom is 0.416 e. The largest absolute Gasteiger partial charge is 0.478 e. The van der Waals surface area contributed by atoms with Gasteiger partial charge in [0, 0.05) is 11.5 Å². The lowest BCUT2D eigenvalue weighted by atomic mass is 9.98. The molecular formula is C15H13F3O3. The van der Waals surface area contributed by atoms with Crippen LogP contribution in [0.25, 0.3) is 11.1 Å². The summed E-state index contributed by atoms with van der Waals surface area (Å²) in [6.07, 6.45) is -3.16. The lowest BCUT2D eigenvalue weighted by Crippen LogP contribution is -2.05. The Kier molecular flexibility index (Phi) is 3.80. The first-order valence-corrected chi connectivity index (χ1v) is 6.24. The van der Waals surface area contributed by atoms with Gasteiger partial charge in [-0.3, -0.25) is 0 Å². The number of carboxylic acids is 1. The number of carboxylic acid groups (broad SMARTS) is 1. The summed E-state index contributed by atoms with van der Waals surface area (Å²) in [6, 6.07) is 4.32. The van der Waals surface area contributed by atoms with E-state index in [1.807, 2.05) is 0 Å². The molecule has 0 spiro atoms. The number of hydrogen-bond donors (Lipinski definition) is 1. The van der Waals surface area contributed by atoms with Crippen LogP contribution < -0.4 is 0 Å². The van der Waals surface area contributed by atoms with E-state index in [2.05, 4.69) is 0 Å². The third kappa shape index (κ3) is 2.94. The van der Waals surface area contributed by atoms with Gasteiger partial charge < -0.3 is 9.52 Å². The van der Waals surface area contributed by atoms with E-state index in [4.69, 9.17) is 4.42 Å². The summed E-state index contributed by atoms with van der Waals surface area (Å²) in [7, 11) is 0. The fourth-order valence-corrected chi connectivity index (χ4v) is 2.07. The molecular weight excluding hydrogens is 285 g/mol. The molecule has 2 aromatic rings. The Morgan fingerprint density at radius 1 is 1.19 bits per heavy atom. The van der Waals surface area contributed by atoms with E-state index in [0.29, 0.717) is 11.3 Å². The van der Waals surface area contributed by atoms with E-state index in [9.17, 15) is 23.1 Å². The van der Waals surface area contributed by atoms with E-state index in [1.54, 1.807) is 13.8 Å². The Balaban J connectivity index is 2.50. The highest BCUT2D eigenvalue weighted by Gasteiger charge is 2.30. The van der Waals surface area contributed by atoms with E-state index < -0.39 is 17.7 Å². The molecule has 2 rings (SSSR count). The lowest BCUT2D eigenvalue weighted by Gasteiger charge is -2.08. The topological polar surface area (TPSA) is 50.4 Å². The number of halogens is 3. The van der Waals surface area contributed by atoms with Crippen LogP contribution in [-0.4, -0.2) is 11.1 Å². The molecule has 21 heavy (non-hydrogen) atoms. The van der Waals surface area contributed by atoms with E-state index in [1.165, 1.54) is 18.4 Å². The number of hydrogen-bond acceptors (Lipinski definition) is 2. The van der Waals surface area contributed by atoms with Crippen LogP contribution in [0.2, 0.25) is 0 Å². The fourth-order valence-electron chi connectivity index (χ4n) is 2.07. The second-order valence-corrected chi connectivity index (χ2v) is 4.92. The monoisotopic (exact) mass is 298 g/mol. The van der Waals surface area contributed by atoms with Gasteiger partial charge in [-0.1, -0.05) is 26.0 Å². The Morgan fingerprint density at radius 3 is 2.19 bits per heavy atom. The van der Waals surface area contributed by atoms with Crippen LogP contribution in [0.3, 0.4) is 0 Å². The molecule has 1 heterocycles. The Bertz CT molecular complexity index is 652. The molecule has 0 saturated heterocycles. The summed E-state index contributed by atoms with van der Waals surface area (Å²) in [5.74, 6) is -1.00. The summed E-state index contributed by atoms with van der Waals surface area (Å²) in [4.78, 5) is 11.4. The molecule has 0 radical (unpaired) electrons. The molecule has 112 valence electrons. The van der Waals surface area contributed by atoms with Crippen molar-refractivity contribution in [1.29, 1.82) is 0 Å². The van der Waals surface area contributed by atoms with E-state index >= 15 is 0 Å². The molecule has 0 saturated carbocycles. The molecule has 0 fully saturated rings. The van der Waals surface area contributed by atoms with Gasteiger partial charge in [-0.15, -0.1) is 0 Å². The van der Waals surface area contributed by atoms with Gasteiger partial charge in [0.25, 0.3) is 0 Å². The predicted octanol–water partition coefficient (Wildman–Crippen LogP) is 4.79. The van der Waals surface area contributed by atoms with Gasteiger partial charge in [0.05, 0.1) is 11.8 Å². The molecule has 0 aliphatic rings. The van der Waals surface area contributed by atoms with Gasteiger partial charge in [-0.2, -0.15) is 13.2 Å². The minimum atomic E-state index is -4.42. The van der Waals surface area contributed by atoms with Crippen molar-refractivity contribution in [3.05, 3.63) is 47.4 Å². The first kappa shape index (κ1) is 15.2. The van der Waals surface area contributed by atoms with Gasteiger partial charge in [0.1, 0.15) is 11.3 Å². The molecule has 3 nitrogen and oxygen atoms in total. The molecule has 1 N–H and O–H groups in total. The van der Waals surface area contributed by atoms with Crippen molar-refractivity contribution in [2.24, 2.45) is 0 Å². The molecule has 0 amide bonds.